The molecule has 1 rings (SSSR count). The summed E-state index contributed by atoms with van der Waals surface area (Å²) in [6, 6.07) is 1.89. The van der Waals surface area contributed by atoms with Crippen LogP contribution in [0.4, 0.5) is 8.78 Å². The molecule has 76 valence electrons. The fourth-order valence-corrected chi connectivity index (χ4v) is 0.949. The lowest BCUT2D eigenvalue weighted by molar-refractivity contribution is -0.0529. The topological polar surface area (TPSA) is 59.4 Å². The molecule has 0 fully saturated rings. The molecule has 7 heteroatoms. The van der Waals surface area contributed by atoms with Crippen LogP contribution in [0.15, 0.2) is 12.1 Å². The van der Waals surface area contributed by atoms with Gasteiger partial charge in [0.1, 0.15) is 5.15 Å². The van der Waals surface area contributed by atoms with Crippen LogP contribution >= 0.6 is 11.6 Å². The summed E-state index contributed by atoms with van der Waals surface area (Å²) in [5.41, 5.74) is -0.263. The van der Waals surface area contributed by atoms with Crippen molar-refractivity contribution in [2.45, 2.75) is 6.61 Å². The Labute approximate surface area is 82.1 Å². The van der Waals surface area contributed by atoms with Crippen LogP contribution < -0.4 is 4.74 Å². The second-order valence-electron chi connectivity index (χ2n) is 2.20. The van der Waals surface area contributed by atoms with E-state index >= 15 is 0 Å². The Morgan fingerprint density at radius 2 is 2.21 bits per heavy atom. The Morgan fingerprint density at radius 1 is 1.57 bits per heavy atom. The van der Waals surface area contributed by atoms with E-state index in [-0.39, 0.29) is 10.7 Å². The molecule has 0 aliphatic rings. The summed E-state index contributed by atoms with van der Waals surface area (Å²) in [5.74, 6) is -1.82. The highest BCUT2D eigenvalue weighted by Crippen LogP contribution is 2.17. The van der Waals surface area contributed by atoms with E-state index in [1.54, 1.807) is 0 Å². The number of pyridine rings is 1. The smallest absolute Gasteiger partial charge is 0.388 e. The predicted molar refractivity (Wildman–Crippen MR) is 42.8 cm³/mol. The molecule has 0 unspecified atom stereocenters. The number of carboxylic acids is 1. The molecule has 0 saturated heterocycles. The molecule has 0 aromatic carbocycles. The molecule has 4 nitrogen and oxygen atoms in total. The number of halogens is 3. The van der Waals surface area contributed by atoms with E-state index in [9.17, 15) is 13.6 Å². The summed E-state index contributed by atoms with van der Waals surface area (Å²) in [7, 11) is 0. The SMILES string of the molecule is O=C(O)c1cc(Cl)nc(OC(F)F)c1. The van der Waals surface area contributed by atoms with Crippen molar-refractivity contribution in [3.8, 4) is 5.88 Å². The zero-order valence-electron chi connectivity index (χ0n) is 6.58. The Bertz CT molecular complexity index is 359. The summed E-state index contributed by atoms with van der Waals surface area (Å²) in [4.78, 5) is 13.8. The van der Waals surface area contributed by atoms with Gasteiger partial charge in [0, 0.05) is 6.07 Å². The van der Waals surface area contributed by atoms with Gasteiger partial charge in [-0.05, 0) is 6.07 Å². The quantitative estimate of drug-likeness (QED) is 0.797. The molecule has 0 saturated carbocycles. The third-order valence-corrected chi connectivity index (χ3v) is 1.42. The highest BCUT2D eigenvalue weighted by atomic mass is 35.5. The van der Waals surface area contributed by atoms with Crippen molar-refractivity contribution in [1.29, 1.82) is 0 Å². The summed E-state index contributed by atoms with van der Waals surface area (Å²) in [5, 5.41) is 8.32. The predicted octanol–water partition coefficient (Wildman–Crippen LogP) is 2.03. The molecule has 14 heavy (non-hydrogen) atoms. The van der Waals surface area contributed by atoms with Crippen LogP contribution in [0.5, 0.6) is 5.88 Å². The molecule has 0 amide bonds. The van der Waals surface area contributed by atoms with Crippen molar-refractivity contribution in [2.75, 3.05) is 0 Å². The maximum absolute atomic E-state index is 11.7. The van der Waals surface area contributed by atoms with Crippen LogP contribution in [-0.2, 0) is 0 Å². The molecule has 0 atom stereocenters. The van der Waals surface area contributed by atoms with Gasteiger partial charge in [0.05, 0.1) is 5.56 Å². The minimum atomic E-state index is -3.07. The molecule has 0 aliphatic heterocycles. The van der Waals surface area contributed by atoms with Crippen LogP contribution in [0.2, 0.25) is 5.15 Å². The largest absolute Gasteiger partial charge is 0.478 e. The monoisotopic (exact) mass is 223 g/mol. The number of hydrogen-bond acceptors (Lipinski definition) is 3. The second kappa shape index (κ2) is 4.19. The average molecular weight is 224 g/mol. The number of hydrogen-bond donors (Lipinski definition) is 1. The number of ether oxygens (including phenoxy) is 1. The molecule has 0 spiro atoms. The standard InChI is InChI=1S/C7H4ClF2NO3/c8-4-1-3(6(12)13)2-5(11-4)14-7(9)10/h1-2,7H,(H,12,13). The number of aromatic nitrogens is 1. The number of rotatable bonds is 3. The number of carboxylic acid groups (broad SMARTS) is 1. The first-order valence-corrected chi connectivity index (χ1v) is 3.72. The lowest BCUT2D eigenvalue weighted by Crippen LogP contribution is -2.05. The van der Waals surface area contributed by atoms with Gasteiger partial charge < -0.3 is 9.84 Å². The van der Waals surface area contributed by atoms with E-state index < -0.39 is 18.5 Å². The molecular weight excluding hydrogens is 220 g/mol. The molecule has 0 aliphatic carbocycles. The fourth-order valence-electron chi connectivity index (χ4n) is 0.748. The van der Waals surface area contributed by atoms with Gasteiger partial charge in [0.15, 0.2) is 0 Å². The Balaban J connectivity index is 3.01. The molecule has 0 bridgehead atoms. The van der Waals surface area contributed by atoms with Crippen LogP contribution in [0.3, 0.4) is 0 Å². The normalized spacial score (nSPS) is 10.3. The fraction of sp³-hybridized carbons (Fsp3) is 0.143. The van der Waals surface area contributed by atoms with E-state index in [0.29, 0.717) is 0 Å². The van der Waals surface area contributed by atoms with Crippen molar-refractivity contribution in [1.82, 2.24) is 4.98 Å². The maximum atomic E-state index is 11.7. The van der Waals surface area contributed by atoms with Gasteiger partial charge >= 0.3 is 12.6 Å². The Morgan fingerprint density at radius 3 is 2.71 bits per heavy atom. The van der Waals surface area contributed by atoms with Crippen LogP contribution in [0.1, 0.15) is 10.4 Å². The molecule has 1 aromatic heterocycles. The summed E-state index contributed by atoms with van der Waals surface area (Å²) < 4.78 is 27.4. The first-order valence-electron chi connectivity index (χ1n) is 3.34. The van der Waals surface area contributed by atoms with Crippen molar-refractivity contribution >= 4 is 17.6 Å². The Hall–Kier alpha value is -1.43. The van der Waals surface area contributed by atoms with Crippen molar-refractivity contribution in [2.24, 2.45) is 0 Å². The second-order valence-corrected chi connectivity index (χ2v) is 2.59. The zero-order chi connectivity index (χ0) is 10.7. The van der Waals surface area contributed by atoms with Gasteiger partial charge in [-0.2, -0.15) is 8.78 Å². The van der Waals surface area contributed by atoms with Gasteiger partial charge in [0.25, 0.3) is 0 Å². The van der Waals surface area contributed by atoms with Gasteiger partial charge in [-0.15, -0.1) is 0 Å². The van der Waals surface area contributed by atoms with Crippen molar-refractivity contribution in [3.63, 3.8) is 0 Å². The molecular formula is C7H4ClF2NO3. The zero-order valence-corrected chi connectivity index (χ0v) is 7.33. The van der Waals surface area contributed by atoms with Gasteiger partial charge in [-0.3, -0.25) is 0 Å². The van der Waals surface area contributed by atoms with Gasteiger partial charge in [0.2, 0.25) is 5.88 Å². The third kappa shape index (κ3) is 2.81. The number of nitrogens with zero attached hydrogens (tertiary/aromatic N) is 1. The lowest BCUT2D eigenvalue weighted by atomic mass is 10.3. The van der Waals surface area contributed by atoms with E-state index in [0.717, 1.165) is 12.1 Å². The number of alkyl halides is 2. The van der Waals surface area contributed by atoms with Crippen LogP contribution in [-0.4, -0.2) is 22.7 Å². The molecule has 1 N–H and O–H groups in total. The molecule has 1 aromatic rings. The van der Waals surface area contributed by atoms with Crippen LogP contribution in [0, 0.1) is 0 Å². The van der Waals surface area contributed by atoms with E-state index in [1.807, 2.05) is 0 Å². The summed E-state index contributed by atoms with van der Waals surface area (Å²) in [6.07, 6.45) is 0. The van der Waals surface area contributed by atoms with Gasteiger partial charge in [-0.25, -0.2) is 9.78 Å². The minimum absolute atomic E-state index is 0.222. The van der Waals surface area contributed by atoms with Crippen molar-refractivity contribution in [3.05, 3.63) is 22.8 Å². The highest BCUT2D eigenvalue weighted by Gasteiger charge is 2.11. The summed E-state index contributed by atoms with van der Waals surface area (Å²) in [6.45, 7) is -3.07. The maximum Gasteiger partial charge on any atom is 0.388 e. The highest BCUT2D eigenvalue weighted by molar-refractivity contribution is 6.29. The first-order chi connectivity index (χ1) is 6.49. The van der Waals surface area contributed by atoms with Gasteiger partial charge in [-0.1, -0.05) is 11.6 Å². The lowest BCUT2D eigenvalue weighted by Gasteiger charge is -2.04. The molecule has 1 heterocycles. The van der Waals surface area contributed by atoms with E-state index in [1.165, 1.54) is 0 Å². The molecule has 0 radical (unpaired) electrons. The first kappa shape index (κ1) is 10.6. The minimum Gasteiger partial charge on any atom is -0.478 e. The van der Waals surface area contributed by atoms with Crippen molar-refractivity contribution < 1.29 is 23.4 Å². The number of carbonyl (C=O) groups is 1. The number of aromatic carboxylic acids is 1. The Kier molecular flexibility index (Phi) is 3.19. The van der Waals surface area contributed by atoms with E-state index in [4.69, 9.17) is 16.7 Å². The average Bonchev–Trinajstić information content (AvgIpc) is 2.01. The van der Waals surface area contributed by atoms with E-state index in [2.05, 4.69) is 9.72 Å². The summed E-state index contributed by atoms with van der Waals surface area (Å²) >= 11 is 5.38. The van der Waals surface area contributed by atoms with Crippen LogP contribution in [0.25, 0.3) is 0 Å². The third-order valence-electron chi connectivity index (χ3n) is 1.23.